The minimum atomic E-state index is -0.270. The lowest BCUT2D eigenvalue weighted by molar-refractivity contribution is 0.103. The van der Waals surface area contributed by atoms with Crippen LogP contribution < -0.4 is 0 Å². The van der Waals surface area contributed by atoms with Crippen LogP contribution in [0.15, 0.2) is 134 Å². The summed E-state index contributed by atoms with van der Waals surface area (Å²) in [5, 5.41) is 40.2. The normalized spacial score (nSPS) is 10.7. The van der Waals surface area contributed by atoms with Crippen LogP contribution in [0.4, 0.5) is 0 Å². The Morgan fingerprint density at radius 3 is 1.89 bits per heavy atom. The molecule has 7 rings (SSSR count). The number of para-hydroxylation sites is 4. The van der Waals surface area contributed by atoms with Crippen molar-refractivity contribution in [2.45, 2.75) is 13.1 Å². The lowest BCUT2D eigenvalue weighted by atomic mass is 10.1. The number of phenols is 4. The molecule has 0 atom stereocenters. The van der Waals surface area contributed by atoms with Gasteiger partial charge >= 0.3 is 0 Å². The number of imidazole rings is 1. The van der Waals surface area contributed by atoms with Gasteiger partial charge in [0.1, 0.15) is 40.2 Å². The number of aromatic hydroxyl groups is 4. The Kier molecular flexibility index (Phi) is 13.1. The molecule has 11 nitrogen and oxygen atoms in total. The second-order valence-electron chi connectivity index (χ2n) is 13.1. The Morgan fingerprint density at radius 2 is 1.25 bits per heavy atom. The first kappa shape index (κ1) is 39.4. The van der Waals surface area contributed by atoms with Gasteiger partial charge in [0, 0.05) is 42.2 Å². The van der Waals surface area contributed by atoms with Gasteiger partial charge in [-0.25, -0.2) is 4.98 Å². The summed E-state index contributed by atoms with van der Waals surface area (Å²) >= 11 is 0. The van der Waals surface area contributed by atoms with Crippen LogP contribution in [0.25, 0.3) is 28.2 Å². The predicted octanol–water partition coefficient (Wildman–Crippen LogP) is 7.43. The molecule has 0 aliphatic carbocycles. The summed E-state index contributed by atoms with van der Waals surface area (Å²) in [5.41, 5.74) is 5.44. The minimum absolute atomic E-state index is 0.0202. The molecule has 0 amide bonds. The van der Waals surface area contributed by atoms with Crippen LogP contribution in [-0.4, -0.2) is 84.9 Å². The highest BCUT2D eigenvalue weighted by Crippen LogP contribution is 2.38. The quantitative estimate of drug-likeness (QED) is 0.0870. The molecule has 4 N–H and O–H groups in total. The van der Waals surface area contributed by atoms with Crippen molar-refractivity contribution >= 4 is 17.6 Å². The highest BCUT2D eigenvalue weighted by molar-refractivity contribution is 6.09. The summed E-state index contributed by atoms with van der Waals surface area (Å²) in [6.07, 6.45) is 4.13. The molecule has 55 heavy (non-hydrogen) atoms. The van der Waals surface area contributed by atoms with Crippen LogP contribution in [0.1, 0.15) is 37.5 Å². The molecule has 0 unspecified atom stereocenters. The van der Waals surface area contributed by atoms with E-state index in [1.165, 1.54) is 6.07 Å². The lowest BCUT2D eigenvalue weighted by Crippen LogP contribution is -2.11. The first-order valence-corrected chi connectivity index (χ1v) is 17.4. The SMILES string of the molecule is CN(C)Cc1cccc(-c2nc(-c3ccccc3O)c3ccccn23)c1O.CN(C)Cc1cccc(C=O)c1O.O=C(c1ccccn1)c1ccccc1O. The number of carbonyl (C=O) groups excluding carboxylic acids is 2. The van der Waals surface area contributed by atoms with Crippen molar-refractivity contribution in [3.8, 4) is 45.6 Å². The van der Waals surface area contributed by atoms with E-state index in [1.807, 2.05) is 103 Å². The molecular weight excluding hydrogens is 695 g/mol. The van der Waals surface area contributed by atoms with E-state index in [0.717, 1.165) is 16.6 Å². The number of aromatic nitrogens is 3. The summed E-state index contributed by atoms with van der Waals surface area (Å²) in [7, 11) is 7.75. The van der Waals surface area contributed by atoms with E-state index in [0.29, 0.717) is 53.3 Å². The third kappa shape index (κ3) is 9.60. The molecule has 0 aliphatic rings. The van der Waals surface area contributed by atoms with Crippen LogP contribution in [0, 0.1) is 0 Å². The highest BCUT2D eigenvalue weighted by atomic mass is 16.3. The van der Waals surface area contributed by atoms with Gasteiger partial charge in [-0.2, -0.15) is 0 Å². The molecule has 3 heterocycles. The van der Waals surface area contributed by atoms with Crippen molar-refractivity contribution in [1.29, 1.82) is 0 Å². The summed E-state index contributed by atoms with van der Waals surface area (Å²) in [4.78, 5) is 35.0. The zero-order valence-electron chi connectivity index (χ0n) is 31.0. The maximum atomic E-state index is 11.8. The van der Waals surface area contributed by atoms with Gasteiger partial charge < -0.3 is 30.2 Å². The van der Waals surface area contributed by atoms with Crippen molar-refractivity contribution in [2.75, 3.05) is 28.2 Å². The van der Waals surface area contributed by atoms with Crippen molar-refractivity contribution in [2.24, 2.45) is 0 Å². The summed E-state index contributed by atoms with van der Waals surface area (Å²) in [5.74, 6) is 0.847. The molecule has 0 bridgehead atoms. The van der Waals surface area contributed by atoms with Gasteiger partial charge in [-0.15, -0.1) is 0 Å². The topological polar surface area (TPSA) is 152 Å². The van der Waals surface area contributed by atoms with E-state index in [9.17, 15) is 30.0 Å². The van der Waals surface area contributed by atoms with Gasteiger partial charge in [0.15, 0.2) is 6.29 Å². The zero-order valence-corrected chi connectivity index (χ0v) is 31.0. The summed E-state index contributed by atoms with van der Waals surface area (Å²) < 4.78 is 1.94. The molecule has 4 aromatic carbocycles. The van der Waals surface area contributed by atoms with Crippen LogP contribution in [0.5, 0.6) is 23.0 Å². The molecule has 0 spiro atoms. The molecule has 3 aromatic heterocycles. The van der Waals surface area contributed by atoms with E-state index in [2.05, 4.69) is 4.98 Å². The van der Waals surface area contributed by atoms with E-state index in [4.69, 9.17) is 4.98 Å². The first-order chi connectivity index (χ1) is 26.5. The largest absolute Gasteiger partial charge is 0.507 e. The maximum absolute atomic E-state index is 11.8. The number of nitrogens with zero attached hydrogens (tertiary/aromatic N) is 5. The molecule has 280 valence electrons. The number of rotatable bonds is 9. The van der Waals surface area contributed by atoms with E-state index in [-0.39, 0.29) is 34.3 Å². The van der Waals surface area contributed by atoms with Gasteiger partial charge in [0.2, 0.25) is 5.78 Å². The molecule has 0 saturated heterocycles. The Balaban J connectivity index is 0.000000175. The van der Waals surface area contributed by atoms with Gasteiger partial charge in [0.05, 0.1) is 22.2 Å². The number of phenolic OH excluding ortho intramolecular Hbond substituents is 4. The number of hydrogen-bond acceptors (Lipinski definition) is 10. The fraction of sp³-hybridized carbons (Fsp3) is 0.136. The molecule has 0 saturated carbocycles. The molecule has 7 aromatic rings. The number of ketones is 1. The second kappa shape index (κ2) is 18.3. The molecular formula is C44H43N5O6. The Bertz CT molecular complexity index is 2390. The average molecular weight is 738 g/mol. The van der Waals surface area contributed by atoms with Crippen LogP contribution in [0.3, 0.4) is 0 Å². The Hall–Kier alpha value is -6.82. The molecule has 0 aliphatic heterocycles. The van der Waals surface area contributed by atoms with Gasteiger partial charge in [0.25, 0.3) is 0 Å². The van der Waals surface area contributed by atoms with Crippen molar-refractivity contribution in [3.05, 3.63) is 162 Å². The summed E-state index contributed by atoms with van der Waals surface area (Å²) in [6.45, 7) is 1.27. The predicted molar refractivity (Wildman–Crippen MR) is 213 cm³/mol. The monoisotopic (exact) mass is 737 g/mol. The van der Waals surface area contributed by atoms with E-state index in [1.54, 1.807) is 66.9 Å². The Morgan fingerprint density at radius 1 is 0.655 bits per heavy atom. The highest BCUT2D eigenvalue weighted by Gasteiger charge is 2.19. The number of fused-ring (bicyclic) bond motifs is 1. The first-order valence-electron chi connectivity index (χ1n) is 17.4. The van der Waals surface area contributed by atoms with Crippen LogP contribution in [0.2, 0.25) is 0 Å². The van der Waals surface area contributed by atoms with Crippen LogP contribution in [-0.2, 0) is 13.1 Å². The second-order valence-corrected chi connectivity index (χ2v) is 13.1. The third-order valence-corrected chi connectivity index (χ3v) is 8.37. The number of carbonyl (C=O) groups is 2. The van der Waals surface area contributed by atoms with Crippen LogP contribution >= 0.6 is 0 Å². The van der Waals surface area contributed by atoms with E-state index >= 15 is 0 Å². The fourth-order valence-electron chi connectivity index (χ4n) is 5.82. The fourth-order valence-corrected chi connectivity index (χ4v) is 5.82. The van der Waals surface area contributed by atoms with Gasteiger partial charge in [-0.05, 0) is 88.9 Å². The number of aldehydes is 1. The lowest BCUT2D eigenvalue weighted by Gasteiger charge is -2.13. The molecule has 0 radical (unpaired) electrons. The van der Waals surface area contributed by atoms with E-state index < -0.39 is 0 Å². The molecule has 11 heteroatoms. The van der Waals surface area contributed by atoms with Crippen molar-refractivity contribution in [1.82, 2.24) is 24.2 Å². The number of pyridine rings is 2. The molecule has 0 fully saturated rings. The Labute approximate surface area is 319 Å². The van der Waals surface area contributed by atoms with Gasteiger partial charge in [-0.3, -0.25) is 19.0 Å². The zero-order chi connectivity index (χ0) is 39.5. The number of benzene rings is 4. The average Bonchev–Trinajstić information content (AvgIpc) is 3.56. The van der Waals surface area contributed by atoms with Crippen molar-refractivity contribution < 1.29 is 30.0 Å². The van der Waals surface area contributed by atoms with Crippen molar-refractivity contribution in [3.63, 3.8) is 0 Å². The smallest absolute Gasteiger partial charge is 0.215 e. The van der Waals surface area contributed by atoms with Gasteiger partial charge in [-0.1, -0.05) is 60.7 Å². The minimum Gasteiger partial charge on any atom is -0.507 e. The third-order valence-electron chi connectivity index (χ3n) is 8.37. The maximum Gasteiger partial charge on any atom is 0.215 e. The standard InChI is InChI=1S/C22H21N3O2.C12H9NO2.C10H13NO2/c1-24(2)14-15-8-7-10-17(21(15)27)22-23-20(16-9-3-4-12-19(16)26)18-11-5-6-13-25(18)22;14-11-7-2-1-5-9(11)12(15)10-6-3-4-8-13-10;1-11(2)6-8-4-3-5-9(7-12)10(8)13/h3-13,26-27H,14H2,1-2H3;1-8,14H;3-5,7,13H,6H2,1-2H3. The number of hydrogen-bond donors (Lipinski definition) is 4. The summed E-state index contributed by atoms with van der Waals surface area (Å²) in [6, 6.07) is 35.4.